The molecule has 0 bridgehead atoms. The molecule has 6 atom stereocenters. The van der Waals surface area contributed by atoms with Gasteiger partial charge in [0.2, 0.25) is 0 Å². The summed E-state index contributed by atoms with van der Waals surface area (Å²) in [5.41, 5.74) is 3.80. The summed E-state index contributed by atoms with van der Waals surface area (Å²) in [6.07, 6.45) is 13.1. The van der Waals surface area contributed by atoms with Gasteiger partial charge in [-0.15, -0.1) is 0 Å². The Kier molecular flexibility index (Phi) is 4.15. The second kappa shape index (κ2) is 6.22. The van der Waals surface area contributed by atoms with E-state index in [-0.39, 0.29) is 6.10 Å². The summed E-state index contributed by atoms with van der Waals surface area (Å²) in [6, 6.07) is 4.38. The summed E-state index contributed by atoms with van der Waals surface area (Å²) in [5, 5.41) is 11.2. The fourth-order valence-electron chi connectivity index (χ4n) is 7.17. The first kappa shape index (κ1) is 18.0. The zero-order chi connectivity index (χ0) is 18.8. The minimum atomic E-state index is -0.108. The molecule has 3 heteroatoms. The third-order valence-electron chi connectivity index (χ3n) is 8.71. The molecule has 27 heavy (non-hydrogen) atoms. The molecule has 5 rings (SSSR count). The molecule has 1 heterocycles. The maximum Gasteiger partial charge on any atom is 0.173 e. The zero-order valence-corrected chi connectivity index (χ0v) is 17.6. The summed E-state index contributed by atoms with van der Waals surface area (Å²) < 4.78 is 5.45. The van der Waals surface area contributed by atoms with Gasteiger partial charge in [0.1, 0.15) is 0 Å². The van der Waals surface area contributed by atoms with Gasteiger partial charge < -0.3 is 9.84 Å². The third kappa shape index (κ3) is 2.54. The van der Waals surface area contributed by atoms with E-state index in [1.807, 2.05) is 0 Å². The topological polar surface area (TPSA) is 29.5 Å². The molecule has 0 radical (unpaired) electrons. The van der Waals surface area contributed by atoms with Crippen molar-refractivity contribution in [3.63, 3.8) is 0 Å². The number of fused-ring (bicyclic) bond motifs is 5. The van der Waals surface area contributed by atoms with Crippen molar-refractivity contribution in [2.24, 2.45) is 28.6 Å². The van der Waals surface area contributed by atoms with Crippen molar-refractivity contribution in [1.82, 2.24) is 0 Å². The Hall–Kier alpha value is -1.06. The van der Waals surface area contributed by atoms with Crippen LogP contribution in [-0.2, 0) is 0 Å². The lowest BCUT2D eigenvalue weighted by atomic mass is 9.47. The molecule has 0 saturated heterocycles. The molecule has 0 aromatic carbocycles. The summed E-state index contributed by atoms with van der Waals surface area (Å²) >= 11 is 1.80. The van der Waals surface area contributed by atoms with Crippen LogP contribution in [0.2, 0.25) is 0 Å². The van der Waals surface area contributed by atoms with E-state index in [0.717, 1.165) is 35.7 Å². The molecule has 0 aliphatic heterocycles. The maximum absolute atomic E-state index is 10.2. The average Bonchev–Trinajstić information content (AvgIpc) is 3.25. The average molecular weight is 385 g/mol. The molecule has 4 aliphatic carbocycles. The number of hydrogen-bond donors (Lipinski definition) is 1. The number of aliphatic hydroxyl groups is 1. The smallest absolute Gasteiger partial charge is 0.173 e. The van der Waals surface area contributed by atoms with Gasteiger partial charge >= 0.3 is 0 Å². The standard InChI is InChI=1S/C24H32O2S/c1-23-12-10-16(25)14-15(23)4-5-17-18-6-7-20(21-8-9-22(26-3)27-21)24(18,2)13-11-19(17)23/h4,7-9,16-19,25H,5-6,10-14H2,1-3H3/t16-,17+,18+,19+,23+,24+/m1/s1. The number of hydrogen-bond acceptors (Lipinski definition) is 3. The first-order chi connectivity index (χ1) is 13.0. The highest BCUT2D eigenvalue weighted by Crippen LogP contribution is 2.66. The summed E-state index contributed by atoms with van der Waals surface area (Å²) in [7, 11) is 1.77. The molecule has 1 N–H and O–H groups in total. The van der Waals surface area contributed by atoms with Crippen LogP contribution >= 0.6 is 11.3 Å². The zero-order valence-electron chi connectivity index (χ0n) is 16.8. The van der Waals surface area contributed by atoms with Crippen molar-refractivity contribution in [3.05, 3.63) is 34.7 Å². The highest BCUT2D eigenvalue weighted by atomic mass is 32.1. The first-order valence-electron chi connectivity index (χ1n) is 10.7. The van der Waals surface area contributed by atoms with Crippen LogP contribution in [0.15, 0.2) is 29.9 Å². The lowest BCUT2D eigenvalue weighted by Gasteiger charge is -2.57. The third-order valence-corrected chi connectivity index (χ3v) is 9.79. The molecule has 0 amide bonds. The Morgan fingerprint density at radius 2 is 1.85 bits per heavy atom. The van der Waals surface area contributed by atoms with Crippen LogP contribution < -0.4 is 4.74 Å². The van der Waals surface area contributed by atoms with Crippen LogP contribution in [-0.4, -0.2) is 18.3 Å². The number of rotatable bonds is 2. The Labute approximate surface area is 167 Å². The van der Waals surface area contributed by atoms with Crippen molar-refractivity contribution >= 4 is 16.9 Å². The quantitative estimate of drug-likeness (QED) is 0.627. The second-order valence-corrected chi connectivity index (χ2v) is 10.8. The monoisotopic (exact) mass is 384 g/mol. The maximum atomic E-state index is 10.2. The van der Waals surface area contributed by atoms with Crippen molar-refractivity contribution < 1.29 is 9.84 Å². The van der Waals surface area contributed by atoms with Crippen molar-refractivity contribution in [2.75, 3.05) is 7.11 Å². The van der Waals surface area contributed by atoms with E-state index in [0.29, 0.717) is 10.8 Å². The Morgan fingerprint density at radius 1 is 1.04 bits per heavy atom. The van der Waals surface area contributed by atoms with Gasteiger partial charge in [0.05, 0.1) is 13.2 Å². The van der Waals surface area contributed by atoms with E-state index in [4.69, 9.17) is 4.74 Å². The van der Waals surface area contributed by atoms with Crippen LogP contribution in [0, 0.1) is 28.6 Å². The van der Waals surface area contributed by atoms with E-state index in [1.54, 1.807) is 29.6 Å². The second-order valence-electron chi connectivity index (χ2n) is 9.79. The van der Waals surface area contributed by atoms with E-state index in [1.165, 1.54) is 37.0 Å². The van der Waals surface area contributed by atoms with Gasteiger partial charge in [0.15, 0.2) is 5.06 Å². The molecule has 1 aromatic heterocycles. The predicted octanol–water partition coefficient (Wildman–Crippen LogP) is 6.07. The molecule has 146 valence electrons. The molecule has 0 unspecified atom stereocenters. The van der Waals surface area contributed by atoms with Crippen LogP contribution in [0.1, 0.15) is 63.7 Å². The van der Waals surface area contributed by atoms with E-state index in [9.17, 15) is 5.11 Å². The van der Waals surface area contributed by atoms with Gasteiger partial charge in [-0.3, -0.25) is 0 Å². The van der Waals surface area contributed by atoms with Crippen molar-refractivity contribution in [1.29, 1.82) is 0 Å². The largest absolute Gasteiger partial charge is 0.487 e. The van der Waals surface area contributed by atoms with Crippen LogP contribution in [0.5, 0.6) is 5.06 Å². The minimum Gasteiger partial charge on any atom is -0.487 e. The molecule has 4 aliphatic rings. The van der Waals surface area contributed by atoms with E-state index in [2.05, 4.69) is 38.1 Å². The lowest BCUT2D eigenvalue weighted by molar-refractivity contribution is -0.0237. The lowest BCUT2D eigenvalue weighted by Crippen LogP contribution is -2.49. The number of allylic oxidation sites excluding steroid dienone is 3. The predicted molar refractivity (Wildman–Crippen MR) is 112 cm³/mol. The van der Waals surface area contributed by atoms with Crippen molar-refractivity contribution in [3.8, 4) is 5.06 Å². The van der Waals surface area contributed by atoms with Gasteiger partial charge in [-0.25, -0.2) is 0 Å². The van der Waals surface area contributed by atoms with Gasteiger partial charge in [-0.2, -0.15) is 0 Å². The molecular formula is C24H32O2S. The fraction of sp³-hybridized carbons (Fsp3) is 0.667. The molecule has 2 saturated carbocycles. The highest BCUT2D eigenvalue weighted by molar-refractivity contribution is 7.14. The normalized spacial score (nSPS) is 43.3. The molecule has 2 fully saturated rings. The Bertz CT molecular complexity index is 805. The highest BCUT2D eigenvalue weighted by Gasteiger charge is 2.56. The number of aliphatic hydroxyl groups excluding tert-OH is 1. The minimum absolute atomic E-state index is 0.108. The van der Waals surface area contributed by atoms with Gasteiger partial charge in [-0.1, -0.05) is 42.9 Å². The van der Waals surface area contributed by atoms with Crippen LogP contribution in [0.4, 0.5) is 0 Å². The summed E-state index contributed by atoms with van der Waals surface area (Å²) in [6.45, 7) is 5.04. The molecule has 1 aromatic rings. The number of methoxy groups -OCH3 is 1. The number of ether oxygens (including phenoxy) is 1. The summed E-state index contributed by atoms with van der Waals surface area (Å²) in [4.78, 5) is 1.41. The van der Waals surface area contributed by atoms with E-state index >= 15 is 0 Å². The molecular weight excluding hydrogens is 352 g/mol. The van der Waals surface area contributed by atoms with Gasteiger partial charge in [-0.05, 0) is 91.2 Å². The Balaban J connectivity index is 1.45. The van der Waals surface area contributed by atoms with Crippen LogP contribution in [0.25, 0.3) is 5.57 Å². The number of thiophene rings is 1. The fourth-order valence-corrected chi connectivity index (χ4v) is 8.16. The Morgan fingerprint density at radius 3 is 2.63 bits per heavy atom. The van der Waals surface area contributed by atoms with Gasteiger partial charge in [0.25, 0.3) is 0 Å². The van der Waals surface area contributed by atoms with Crippen LogP contribution in [0.3, 0.4) is 0 Å². The SMILES string of the molecule is COc1ccc(C2=CC[C@H]3[C@@H]4CC=C5C[C@H](O)CC[C@]5(C)[C@H]4CC[C@]23C)s1. The molecule has 0 spiro atoms. The first-order valence-corrected chi connectivity index (χ1v) is 11.5. The summed E-state index contributed by atoms with van der Waals surface area (Å²) in [5.74, 6) is 2.36. The molecule has 2 nitrogen and oxygen atoms in total. The van der Waals surface area contributed by atoms with E-state index < -0.39 is 0 Å². The van der Waals surface area contributed by atoms with Gasteiger partial charge in [0, 0.05) is 4.88 Å². The van der Waals surface area contributed by atoms with Crippen molar-refractivity contribution in [2.45, 2.75) is 64.9 Å².